The molecule has 0 radical (unpaired) electrons. The first-order chi connectivity index (χ1) is 8.11. The zero-order valence-electron chi connectivity index (χ0n) is 9.05. The molecule has 0 spiro atoms. The second-order valence-electron chi connectivity index (χ2n) is 3.03. The van der Waals surface area contributed by atoms with E-state index in [1.54, 1.807) is 11.8 Å². The van der Waals surface area contributed by atoms with Crippen molar-refractivity contribution in [3.05, 3.63) is 11.1 Å². The molecule has 7 N–H and O–H groups in total. The smallest absolute Gasteiger partial charge is 0.234 e. The van der Waals surface area contributed by atoms with E-state index in [4.69, 9.17) is 17.3 Å². The van der Waals surface area contributed by atoms with Crippen LogP contribution < -0.4 is 22.7 Å². The molecule has 0 saturated heterocycles. The number of nitrogens with one attached hydrogen (secondary N) is 1. The van der Waals surface area contributed by atoms with Crippen LogP contribution in [0.2, 0.25) is 0 Å². The molecule has 0 fully saturated rings. The fourth-order valence-electron chi connectivity index (χ4n) is 0.938. The van der Waals surface area contributed by atoms with Crippen molar-refractivity contribution in [2.45, 2.75) is 12.2 Å². The number of aliphatic imine (C=N–C) groups is 1. The van der Waals surface area contributed by atoms with Crippen LogP contribution >= 0.6 is 23.1 Å². The van der Waals surface area contributed by atoms with E-state index in [0.717, 1.165) is 5.69 Å². The third kappa shape index (κ3) is 5.52. The van der Waals surface area contributed by atoms with Gasteiger partial charge in [0.05, 0.1) is 5.69 Å². The highest BCUT2D eigenvalue weighted by Crippen LogP contribution is 2.21. The summed E-state index contributed by atoms with van der Waals surface area (Å²) in [6, 6.07) is 0. The number of nitrogens with two attached hydrogens (primary N) is 3. The van der Waals surface area contributed by atoms with Gasteiger partial charge in [-0.25, -0.2) is 10.8 Å². The van der Waals surface area contributed by atoms with E-state index in [1.807, 2.05) is 5.38 Å². The lowest BCUT2D eigenvalue weighted by Crippen LogP contribution is -2.30. The summed E-state index contributed by atoms with van der Waals surface area (Å²) in [5, 5.41) is 2.43. The summed E-state index contributed by atoms with van der Waals surface area (Å²) in [6.45, 7) is 0. The third-order valence-electron chi connectivity index (χ3n) is 1.65. The quantitative estimate of drug-likeness (QED) is 0.140. The number of thioether (sulfide) groups is 1. The van der Waals surface area contributed by atoms with Crippen molar-refractivity contribution in [2.24, 2.45) is 22.3 Å². The van der Waals surface area contributed by atoms with Crippen molar-refractivity contribution in [1.82, 2.24) is 10.4 Å². The predicted octanol–water partition coefficient (Wildman–Crippen LogP) is -0.339. The van der Waals surface area contributed by atoms with Crippen molar-refractivity contribution in [3.8, 4) is 0 Å². The van der Waals surface area contributed by atoms with Gasteiger partial charge in [-0.3, -0.25) is 10.2 Å². The maximum Gasteiger partial charge on any atom is 0.234 e. The van der Waals surface area contributed by atoms with E-state index in [2.05, 4.69) is 15.4 Å². The van der Waals surface area contributed by atoms with Crippen LogP contribution in [-0.4, -0.2) is 22.6 Å². The number of carbonyl (C=O) groups excluding carboxylic acids is 1. The number of amides is 1. The Balaban J connectivity index is 2.30. The van der Waals surface area contributed by atoms with Gasteiger partial charge in [0.1, 0.15) is 0 Å². The Bertz CT molecular complexity index is 400. The van der Waals surface area contributed by atoms with Crippen LogP contribution in [0.3, 0.4) is 0 Å². The highest BCUT2D eigenvalue weighted by molar-refractivity contribution is 7.98. The molecule has 0 aliphatic carbocycles. The van der Waals surface area contributed by atoms with Gasteiger partial charge in [-0.15, -0.1) is 11.3 Å². The zero-order chi connectivity index (χ0) is 12.7. The van der Waals surface area contributed by atoms with Crippen LogP contribution in [0.25, 0.3) is 0 Å². The number of thiazole rings is 1. The first-order valence-electron chi connectivity index (χ1n) is 4.73. The molecule has 0 aliphatic rings. The molecule has 0 aliphatic heterocycles. The van der Waals surface area contributed by atoms with Crippen LogP contribution in [0, 0.1) is 0 Å². The zero-order valence-corrected chi connectivity index (χ0v) is 10.7. The molecule has 1 heterocycles. The van der Waals surface area contributed by atoms with Crippen molar-refractivity contribution >= 4 is 40.1 Å². The third-order valence-corrected chi connectivity index (χ3v) is 3.42. The molecule has 1 amide bonds. The Kier molecular flexibility index (Phi) is 5.73. The van der Waals surface area contributed by atoms with Crippen molar-refractivity contribution in [2.75, 3.05) is 5.75 Å². The standard InChI is InChI=1S/C8H14N6OS2/c9-7(10)13-8-12-5(4-17-8)3-16-2-1-6(15)14-11/h4H,1-3,11H2,(H,14,15)(H4,9,10,12,13). The predicted molar refractivity (Wildman–Crippen MR) is 70.7 cm³/mol. The first-order valence-corrected chi connectivity index (χ1v) is 6.76. The second-order valence-corrected chi connectivity index (χ2v) is 4.97. The van der Waals surface area contributed by atoms with Crippen LogP contribution in [0.15, 0.2) is 10.4 Å². The molecule has 1 aromatic rings. The minimum absolute atomic E-state index is 0.00169. The molecule has 1 aromatic heterocycles. The molecule has 7 nitrogen and oxygen atoms in total. The minimum atomic E-state index is -0.169. The number of nitrogens with zero attached hydrogens (tertiary/aromatic N) is 2. The van der Waals surface area contributed by atoms with Gasteiger partial charge >= 0.3 is 0 Å². The Morgan fingerprint density at radius 1 is 1.59 bits per heavy atom. The molecule has 17 heavy (non-hydrogen) atoms. The Labute approximate surface area is 107 Å². The topological polar surface area (TPSA) is 132 Å². The lowest BCUT2D eigenvalue weighted by Gasteiger charge is -1.98. The average Bonchev–Trinajstić information content (AvgIpc) is 2.70. The SMILES string of the molecule is NNC(=O)CCSCc1csc(N=C(N)N)n1. The lowest BCUT2D eigenvalue weighted by molar-refractivity contribution is -0.120. The summed E-state index contributed by atoms with van der Waals surface area (Å²) >= 11 is 2.97. The molecule has 0 saturated carbocycles. The van der Waals surface area contributed by atoms with Gasteiger partial charge in [0.2, 0.25) is 11.0 Å². The number of guanidine groups is 1. The number of carbonyl (C=O) groups is 1. The van der Waals surface area contributed by atoms with E-state index < -0.39 is 0 Å². The summed E-state index contributed by atoms with van der Waals surface area (Å²) < 4.78 is 0. The van der Waals surface area contributed by atoms with E-state index in [9.17, 15) is 4.79 Å². The summed E-state index contributed by atoms with van der Waals surface area (Å²) in [4.78, 5) is 18.9. The maximum atomic E-state index is 10.8. The summed E-state index contributed by atoms with van der Waals surface area (Å²) in [6.07, 6.45) is 0.395. The number of rotatable bonds is 6. The Hall–Kier alpha value is -1.32. The number of aromatic nitrogens is 1. The van der Waals surface area contributed by atoms with Gasteiger partial charge in [-0.05, 0) is 0 Å². The molecule has 9 heteroatoms. The monoisotopic (exact) mass is 274 g/mol. The molecular weight excluding hydrogens is 260 g/mol. The highest BCUT2D eigenvalue weighted by atomic mass is 32.2. The van der Waals surface area contributed by atoms with Crippen LogP contribution in [0.1, 0.15) is 12.1 Å². The minimum Gasteiger partial charge on any atom is -0.370 e. The molecule has 94 valence electrons. The van der Waals surface area contributed by atoms with Crippen LogP contribution in [0.4, 0.5) is 5.13 Å². The molecule has 0 aromatic carbocycles. The number of hydrazine groups is 1. The fraction of sp³-hybridized carbons (Fsp3) is 0.375. The maximum absolute atomic E-state index is 10.8. The summed E-state index contributed by atoms with van der Waals surface area (Å²) in [5.74, 6) is 6.20. The highest BCUT2D eigenvalue weighted by Gasteiger charge is 2.03. The number of hydrogen-bond donors (Lipinski definition) is 4. The van der Waals surface area contributed by atoms with Crippen LogP contribution in [-0.2, 0) is 10.5 Å². The van der Waals surface area contributed by atoms with Gasteiger partial charge in [0.15, 0.2) is 5.96 Å². The summed E-state index contributed by atoms with van der Waals surface area (Å²) in [5.41, 5.74) is 13.4. The van der Waals surface area contributed by atoms with Crippen LogP contribution in [0.5, 0.6) is 0 Å². The molecular formula is C8H14N6OS2. The molecule has 0 unspecified atom stereocenters. The lowest BCUT2D eigenvalue weighted by atomic mass is 10.5. The molecule has 1 rings (SSSR count). The van der Waals surface area contributed by atoms with Crippen molar-refractivity contribution in [3.63, 3.8) is 0 Å². The molecule has 0 bridgehead atoms. The van der Waals surface area contributed by atoms with Gasteiger partial charge < -0.3 is 11.5 Å². The Morgan fingerprint density at radius 2 is 2.35 bits per heavy atom. The van der Waals surface area contributed by atoms with Gasteiger partial charge in [0, 0.05) is 23.3 Å². The fourth-order valence-corrected chi connectivity index (χ4v) is 2.58. The van der Waals surface area contributed by atoms with E-state index in [1.165, 1.54) is 11.3 Å². The summed E-state index contributed by atoms with van der Waals surface area (Å²) in [7, 11) is 0. The van der Waals surface area contributed by atoms with Crippen molar-refractivity contribution in [1.29, 1.82) is 0 Å². The van der Waals surface area contributed by atoms with E-state index >= 15 is 0 Å². The number of hydrogen-bond acceptors (Lipinski definition) is 6. The Morgan fingerprint density at radius 3 is 3.00 bits per heavy atom. The second kappa shape index (κ2) is 7.09. The largest absolute Gasteiger partial charge is 0.370 e. The molecule has 0 atom stereocenters. The van der Waals surface area contributed by atoms with Gasteiger partial charge in [-0.2, -0.15) is 16.8 Å². The van der Waals surface area contributed by atoms with E-state index in [0.29, 0.717) is 23.1 Å². The van der Waals surface area contributed by atoms with E-state index in [-0.39, 0.29) is 11.9 Å². The average molecular weight is 274 g/mol. The van der Waals surface area contributed by atoms with Crippen molar-refractivity contribution < 1.29 is 4.79 Å². The first kappa shape index (κ1) is 13.7. The van der Waals surface area contributed by atoms with Gasteiger partial charge in [0.25, 0.3) is 0 Å². The normalized spacial score (nSPS) is 9.94. The van der Waals surface area contributed by atoms with Gasteiger partial charge in [-0.1, -0.05) is 0 Å².